The van der Waals surface area contributed by atoms with Crippen LogP contribution in [0.25, 0.3) is 27.6 Å². The number of hydrogen-bond donors (Lipinski definition) is 1. The van der Waals surface area contributed by atoms with Crippen molar-refractivity contribution in [3.63, 3.8) is 0 Å². The largest absolute Gasteiger partial charge is 0.440 e. The Labute approximate surface area is 212 Å². The van der Waals surface area contributed by atoms with Gasteiger partial charge in [0.1, 0.15) is 11.2 Å². The number of aromatic nitrogens is 5. The van der Waals surface area contributed by atoms with Crippen molar-refractivity contribution in [3.8, 4) is 0 Å². The van der Waals surface area contributed by atoms with Crippen LogP contribution in [0.4, 0.5) is 0 Å². The first kappa shape index (κ1) is 25.2. The van der Waals surface area contributed by atoms with E-state index in [0.717, 1.165) is 33.8 Å². The Morgan fingerprint density at radius 3 is 2.28 bits per heavy atom. The van der Waals surface area contributed by atoms with E-state index in [9.17, 15) is 0 Å². The average Bonchev–Trinajstić information content (AvgIpc) is 3.61. The number of aromatic amines is 1. The topological polar surface area (TPSA) is 72.0 Å². The van der Waals surface area contributed by atoms with E-state index in [-0.39, 0.29) is 0 Å². The number of fused-ring (bicyclic) bond motifs is 3. The standard InChI is InChI=1S/2C10H12N2.C10H11NO/c1-7(2)8-3-4-10-9(5-8)6-11-12-10;1-8(2)9-7-12-6-4-3-5-10(12)11-9;1-7(2)10-11-8-5-3-4-6-9(8)12-10/h3-7H,1-2H3,(H,11,12);3-8H,1-2H3;3-7H,1-2H3. The van der Waals surface area contributed by atoms with E-state index in [1.165, 1.54) is 10.9 Å². The summed E-state index contributed by atoms with van der Waals surface area (Å²) < 4.78 is 7.57. The van der Waals surface area contributed by atoms with E-state index < -0.39 is 0 Å². The molecule has 2 aromatic carbocycles. The van der Waals surface area contributed by atoms with Gasteiger partial charge in [0.05, 0.1) is 17.4 Å². The number of para-hydroxylation sites is 2. The second-order valence-electron chi connectivity index (χ2n) is 9.83. The van der Waals surface area contributed by atoms with Gasteiger partial charge in [0.2, 0.25) is 0 Å². The molecule has 0 fully saturated rings. The molecule has 4 heterocycles. The van der Waals surface area contributed by atoms with Gasteiger partial charge in [-0.05, 0) is 53.8 Å². The molecule has 4 aromatic heterocycles. The Hall–Kier alpha value is -3.93. The molecule has 36 heavy (non-hydrogen) atoms. The Balaban J connectivity index is 0.000000127. The van der Waals surface area contributed by atoms with Crippen molar-refractivity contribution >= 4 is 27.6 Å². The van der Waals surface area contributed by atoms with Gasteiger partial charge in [-0.3, -0.25) is 5.10 Å². The van der Waals surface area contributed by atoms with Gasteiger partial charge >= 0.3 is 0 Å². The van der Waals surface area contributed by atoms with Crippen LogP contribution in [0.3, 0.4) is 0 Å². The van der Waals surface area contributed by atoms with Gasteiger partial charge in [-0.2, -0.15) is 5.10 Å². The first-order chi connectivity index (χ1) is 17.3. The molecule has 186 valence electrons. The molecule has 0 aliphatic rings. The van der Waals surface area contributed by atoms with Crippen molar-refractivity contribution in [1.29, 1.82) is 0 Å². The summed E-state index contributed by atoms with van der Waals surface area (Å²) in [6.45, 7) is 12.8. The predicted octanol–water partition coefficient (Wildman–Crippen LogP) is 8.10. The Morgan fingerprint density at radius 2 is 1.58 bits per heavy atom. The SMILES string of the molecule is CC(C)c1ccc2[nH]ncc2c1.CC(C)c1cn2ccccc2n1.CC(C)c1nc2ccccc2o1. The molecule has 0 aliphatic heterocycles. The number of H-pyrrole nitrogens is 1. The van der Waals surface area contributed by atoms with Crippen LogP contribution < -0.4 is 0 Å². The first-order valence-electron chi connectivity index (χ1n) is 12.5. The zero-order valence-electron chi connectivity index (χ0n) is 21.9. The number of nitrogens with zero attached hydrogens (tertiary/aromatic N) is 4. The molecule has 0 saturated heterocycles. The smallest absolute Gasteiger partial charge is 0.198 e. The van der Waals surface area contributed by atoms with Crippen molar-refractivity contribution in [3.05, 3.63) is 96.4 Å². The van der Waals surface area contributed by atoms with Crippen LogP contribution in [-0.4, -0.2) is 24.6 Å². The molecular formula is C30H35N5O. The third-order valence-electron chi connectivity index (χ3n) is 5.91. The highest BCUT2D eigenvalue weighted by molar-refractivity contribution is 5.78. The number of pyridine rings is 1. The van der Waals surface area contributed by atoms with E-state index in [1.54, 1.807) is 0 Å². The van der Waals surface area contributed by atoms with Gasteiger partial charge < -0.3 is 8.82 Å². The highest BCUT2D eigenvalue weighted by atomic mass is 16.3. The molecule has 0 spiro atoms. The summed E-state index contributed by atoms with van der Waals surface area (Å²) in [4.78, 5) is 8.82. The maximum atomic E-state index is 5.52. The highest BCUT2D eigenvalue weighted by Gasteiger charge is 2.07. The molecule has 1 N–H and O–H groups in total. The van der Waals surface area contributed by atoms with E-state index >= 15 is 0 Å². The summed E-state index contributed by atoms with van der Waals surface area (Å²) in [7, 11) is 0. The lowest BCUT2D eigenvalue weighted by Crippen LogP contribution is -1.85. The fourth-order valence-electron chi connectivity index (χ4n) is 3.69. The molecule has 0 aliphatic carbocycles. The normalized spacial score (nSPS) is 11.2. The van der Waals surface area contributed by atoms with Crippen LogP contribution in [0, 0.1) is 0 Å². The second kappa shape index (κ2) is 11.2. The van der Waals surface area contributed by atoms with Crippen LogP contribution in [0.2, 0.25) is 0 Å². The molecule has 0 radical (unpaired) electrons. The van der Waals surface area contributed by atoms with Gasteiger partial charge in [-0.25, -0.2) is 9.97 Å². The number of hydrogen-bond acceptors (Lipinski definition) is 4. The van der Waals surface area contributed by atoms with Crippen molar-refractivity contribution in [2.75, 3.05) is 0 Å². The number of oxazole rings is 1. The van der Waals surface area contributed by atoms with Crippen LogP contribution in [0.5, 0.6) is 0 Å². The maximum Gasteiger partial charge on any atom is 0.198 e. The first-order valence-corrected chi connectivity index (χ1v) is 12.5. The van der Waals surface area contributed by atoms with Crippen molar-refractivity contribution in [1.82, 2.24) is 24.6 Å². The fourth-order valence-corrected chi connectivity index (χ4v) is 3.69. The molecule has 6 nitrogen and oxygen atoms in total. The van der Waals surface area contributed by atoms with E-state index in [4.69, 9.17) is 4.42 Å². The Kier molecular flexibility index (Phi) is 7.84. The average molecular weight is 482 g/mol. The minimum Gasteiger partial charge on any atom is -0.440 e. The fraction of sp³-hybridized carbons (Fsp3) is 0.300. The van der Waals surface area contributed by atoms with Crippen LogP contribution in [-0.2, 0) is 0 Å². The van der Waals surface area contributed by atoms with E-state index in [1.807, 2.05) is 54.9 Å². The van der Waals surface area contributed by atoms with E-state index in [2.05, 4.69) is 90.5 Å². The molecule has 6 aromatic rings. The number of imidazole rings is 1. The number of rotatable bonds is 3. The maximum absolute atomic E-state index is 5.52. The monoisotopic (exact) mass is 481 g/mol. The predicted molar refractivity (Wildman–Crippen MR) is 148 cm³/mol. The molecule has 6 heteroatoms. The Morgan fingerprint density at radius 1 is 0.806 bits per heavy atom. The lowest BCUT2D eigenvalue weighted by molar-refractivity contribution is 0.501. The van der Waals surface area contributed by atoms with Gasteiger partial charge in [0.15, 0.2) is 11.5 Å². The van der Waals surface area contributed by atoms with Crippen LogP contribution in [0.1, 0.15) is 76.4 Å². The van der Waals surface area contributed by atoms with E-state index in [0.29, 0.717) is 17.8 Å². The zero-order chi connectivity index (χ0) is 25.7. The molecule has 0 amide bonds. The summed E-state index contributed by atoms with van der Waals surface area (Å²) in [5.74, 6) is 2.27. The quantitative estimate of drug-likeness (QED) is 0.277. The summed E-state index contributed by atoms with van der Waals surface area (Å²) in [5, 5.41) is 8.11. The molecule has 0 saturated carbocycles. The lowest BCUT2D eigenvalue weighted by Gasteiger charge is -2.03. The second-order valence-corrected chi connectivity index (χ2v) is 9.83. The van der Waals surface area contributed by atoms with Crippen LogP contribution in [0.15, 0.2) is 83.7 Å². The molecular weight excluding hydrogens is 446 g/mol. The molecule has 6 rings (SSSR count). The minimum absolute atomic E-state index is 0.359. The van der Waals surface area contributed by atoms with Crippen molar-refractivity contribution < 1.29 is 4.42 Å². The molecule has 0 bridgehead atoms. The third-order valence-corrected chi connectivity index (χ3v) is 5.91. The highest BCUT2D eigenvalue weighted by Crippen LogP contribution is 2.20. The summed E-state index contributed by atoms with van der Waals surface area (Å²) >= 11 is 0. The third kappa shape index (κ3) is 6.00. The molecule has 0 unspecified atom stereocenters. The summed E-state index contributed by atoms with van der Waals surface area (Å²) in [5.41, 5.74) is 6.48. The van der Waals surface area contributed by atoms with Gasteiger partial charge in [0, 0.05) is 23.7 Å². The van der Waals surface area contributed by atoms with Crippen molar-refractivity contribution in [2.24, 2.45) is 0 Å². The zero-order valence-corrected chi connectivity index (χ0v) is 21.9. The van der Waals surface area contributed by atoms with Crippen LogP contribution >= 0.6 is 0 Å². The lowest BCUT2D eigenvalue weighted by atomic mass is 10.0. The van der Waals surface area contributed by atoms with Crippen molar-refractivity contribution in [2.45, 2.75) is 59.3 Å². The number of benzene rings is 2. The van der Waals surface area contributed by atoms with Gasteiger partial charge in [0.25, 0.3) is 0 Å². The van der Waals surface area contributed by atoms with Gasteiger partial charge in [-0.1, -0.05) is 65.8 Å². The summed E-state index contributed by atoms with van der Waals surface area (Å²) in [6.07, 6.45) is 5.97. The number of nitrogens with one attached hydrogen (secondary N) is 1. The molecule has 0 atom stereocenters. The summed E-state index contributed by atoms with van der Waals surface area (Å²) in [6, 6.07) is 20.3. The minimum atomic E-state index is 0.359. The Bertz CT molecular complexity index is 1380. The van der Waals surface area contributed by atoms with Gasteiger partial charge in [-0.15, -0.1) is 0 Å².